The molecule has 31 heavy (non-hydrogen) atoms. The van der Waals surface area contributed by atoms with E-state index in [0.29, 0.717) is 0 Å². The number of benzene rings is 1. The van der Waals surface area contributed by atoms with Crippen molar-refractivity contribution >= 4 is 10.0 Å². The lowest BCUT2D eigenvalue weighted by molar-refractivity contribution is -0.0338. The second-order valence-electron chi connectivity index (χ2n) is 7.54. The van der Waals surface area contributed by atoms with Crippen LogP contribution in [0.4, 0.5) is 4.39 Å². The zero-order valence-corrected chi connectivity index (χ0v) is 18.1. The molecule has 1 aromatic carbocycles. The van der Waals surface area contributed by atoms with Gasteiger partial charge in [-0.05, 0) is 31.5 Å². The highest BCUT2D eigenvalue weighted by Crippen LogP contribution is 2.44. The minimum Gasteiger partial charge on any atom is -0.480 e. The Morgan fingerprint density at radius 2 is 2.10 bits per heavy atom. The summed E-state index contributed by atoms with van der Waals surface area (Å²) < 4.78 is 59.2. The van der Waals surface area contributed by atoms with Gasteiger partial charge in [-0.1, -0.05) is 6.58 Å². The molecule has 2 aliphatic heterocycles. The quantitative estimate of drug-likeness (QED) is 0.756. The first kappa shape index (κ1) is 21.3. The molecule has 0 bridgehead atoms. The van der Waals surface area contributed by atoms with Crippen LogP contribution in [-0.2, 0) is 20.3 Å². The van der Waals surface area contributed by atoms with Crippen LogP contribution in [0, 0.1) is 5.82 Å². The van der Waals surface area contributed by atoms with Crippen molar-refractivity contribution < 1.29 is 27.0 Å². The van der Waals surface area contributed by atoms with Crippen molar-refractivity contribution in [2.75, 3.05) is 20.8 Å². The van der Waals surface area contributed by atoms with E-state index in [1.54, 1.807) is 6.92 Å². The van der Waals surface area contributed by atoms with Gasteiger partial charge in [-0.15, -0.1) is 0 Å². The zero-order chi connectivity index (χ0) is 22.4. The van der Waals surface area contributed by atoms with Crippen LogP contribution in [0.5, 0.6) is 17.5 Å². The molecule has 0 saturated carbocycles. The van der Waals surface area contributed by atoms with E-state index < -0.39 is 26.6 Å². The van der Waals surface area contributed by atoms with Crippen LogP contribution >= 0.6 is 0 Å². The molecule has 11 heteroatoms. The lowest BCUT2D eigenvalue weighted by atomic mass is 9.82. The molecule has 2 saturated heterocycles. The van der Waals surface area contributed by atoms with Crippen molar-refractivity contribution in [1.82, 2.24) is 19.6 Å². The van der Waals surface area contributed by atoms with E-state index in [1.165, 1.54) is 44.8 Å². The molecule has 2 aliphatic rings. The number of nitrogens with one attached hydrogen (secondary N) is 1. The van der Waals surface area contributed by atoms with Crippen molar-refractivity contribution in [2.45, 2.75) is 30.2 Å². The largest absolute Gasteiger partial charge is 0.480 e. The molecule has 2 aromatic rings. The van der Waals surface area contributed by atoms with E-state index in [0.717, 1.165) is 4.31 Å². The highest BCUT2D eigenvalue weighted by Gasteiger charge is 2.57. The Balaban J connectivity index is 1.79. The lowest BCUT2D eigenvalue weighted by Crippen LogP contribution is -2.68. The molecule has 0 spiro atoms. The molecular weight excluding hydrogens is 427 g/mol. The van der Waals surface area contributed by atoms with Crippen LogP contribution in [0.15, 0.2) is 43.0 Å². The number of halogens is 1. The Bertz CT molecular complexity index is 1130. The number of rotatable bonds is 4. The molecule has 1 N–H and O–H groups in total. The second kappa shape index (κ2) is 7.65. The number of fused-ring (bicyclic) bond motifs is 1. The summed E-state index contributed by atoms with van der Waals surface area (Å²) in [5, 5.41) is 2.15. The van der Waals surface area contributed by atoms with Crippen LogP contribution in [0.3, 0.4) is 0 Å². The SMILES string of the molecule is C=C1N[C@@]2(c3cc(Oc4cncc(OC)n4)ccc3F)CO[C@@H](C)C[C@H]2S(=O)(=O)N1C. The molecule has 3 heterocycles. The van der Waals surface area contributed by atoms with Gasteiger partial charge in [0.25, 0.3) is 0 Å². The highest BCUT2D eigenvalue weighted by molar-refractivity contribution is 7.90. The number of ether oxygens (including phenoxy) is 3. The van der Waals surface area contributed by atoms with E-state index in [-0.39, 0.29) is 48.0 Å². The fourth-order valence-electron chi connectivity index (χ4n) is 3.94. The third-order valence-corrected chi connectivity index (χ3v) is 7.92. The van der Waals surface area contributed by atoms with Gasteiger partial charge in [-0.25, -0.2) is 12.8 Å². The Morgan fingerprint density at radius 1 is 1.35 bits per heavy atom. The number of sulfonamides is 1. The molecule has 0 aliphatic carbocycles. The first-order chi connectivity index (χ1) is 14.7. The Kier molecular flexibility index (Phi) is 5.26. The van der Waals surface area contributed by atoms with E-state index in [4.69, 9.17) is 14.2 Å². The highest BCUT2D eigenvalue weighted by atomic mass is 32.2. The topological polar surface area (TPSA) is 103 Å². The minimum atomic E-state index is -3.80. The Morgan fingerprint density at radius 3 is 2.84 bits per heavy atom. The molecule has 4 rings (SSSR count). The maximum atomic E-state index is 15.1. The molecule has 166 valence electrons. The van der Waals surface area contributed by atoms with Crippen LogP contribution in [0.25, 0.3) is 0 Å². The number of methoxy groups -OCH3 is 1. The summed E-state index contributed by atoms with van der Waals surface area (Å²) in [6.07, 6.45) is 2.70. The van der Waals surface area contributed by atoms with Crippen LogP contribution in [0.2, 0.25) is 0 Å². The van der Waals surface area contributed by atoms with Gasteiger partial charge in [-0.2, -0.15) is 4.98 Å². The molecule has 9 nitrogen and oxygen atoms in total. The maximum Gasteiger partial charge on any atom is 0.241 e. The van der Waals surface area contributed by atoms with E-state index in [2.05, 4.69) is 21.9 Å². The fraction of sp³-hybridized carbons (Fsp3) is 0.400. The lowest BCUT2D eigenvalue weighted by Gasteiger charge is -2.52. The predicted octanol–water partition coefficient (Wildman–Crippen LogP) is 2.13. The number of hydrogen-bond acceptors (Lipinski definition) is 8. The van der Waals surface area contributed by atoms with Gasteiger partial charge >= 0.3 is 0 Å². The van der Waals surface area contributed by atoms with Gasteiger partial charge in [0.1, 0.15) is 28.2 Å². The summed E-state index contributed by atoms with van der Waals surface area (Å²) in [7, 11) is -0.930. The van der Waals surface area contributed by atoms with Crippen LogP contribution in [-0.4, -0.2) is 54.8 Å². The van der Waals surface area contributed by atoms with Gasteiger partial charge in [0, 0.05) is 12.6 Å². The summed E-state index contributed by atoms with van der Waals surface area (Å²) >= 11 is 0. The van der Waals surface area contributed by atoms with Crippen LogP contribution in [0.1, 0.15) is 18.9 Å². The van der Waals surface area contributed by atoms with Gasteiger partial charge in [0.2, 0.25) is 21.8 Å². The van der Waals surface area contributed by atoms with E-state index in [1.807, 2.05) is 0 Å². The molecule has 0 unspecified atom stereocenters. The minimum absolute atomic E-state index is 0.0513. The third kappa shape index (κ3) is 3.57. The van der Waals surface area contributed by atoms with E-state index in [9.17, 15) is 8.42 Å². The second-order valence-corrected chi connectivity index (χ2v) is 9.69. The van der Waals surface area contributed by atoms with E-state index >= 15 is 4.39 Å². The van der Waals surface area contributed by atoms with Crippen LogP contribution < -0.4 is 14.8 Å². The average molecular weight is 450 g/mol. The average Bonchev–Trinajstić information content (AvgIpc) is 2.75. The number of aromatic nitrogens is 2. The molecule has 0 amide bonds. The summed E-state index contributed by atoms with van der Waals surface area (Å²) in [4.78, 5) is 8.10. The normalized spacial score (nSPS) is 27.2. The third-order valence-electron chi connectivity index (χ3n) is 5.62. The zero-order valence-electron chi connectivity index (χ0n) is 17.3. The van der Waals surface area contributed by atoms with Crippen molar-refractivity contribution in [2.24, 2.45) is 0 Å². The van der Waals surface area contributed by atoms with Gasteiger partial charge in [-0.3, -0.25) is 9.29 Å². The molecular formula is C20H23FN4O5S. The standard InChI is InChI=1S/C20H23FN4O5S/c1-12-7-17-20(11-29-12,24-13(2)25(3)31(17,26)27)15-8-14(5-6-16(15)21)30-19-10-22-9-18(23-19)28-4/h5-6,8-10,12,17,24H,2,7,11H2,1,3-4H3/t12-,17+,20+/m0/s1. The molecule has 2 fully saturated rings. The molecule has 0 radical (unpaired) electrons. The van der Waals surface area contributed by atoms with Gasteiger partial charge < -0.3 is 19.5 Å². The molecule has 1 aromatic heterocycles. The smallest absolute Gasteiger partial charge is 0.241 e. The summed E-state index contributed by atoms with van der Waals surface area (Å²) in [5.74, 6) is 0.209. The van der Waals surface area contributed by atoms with Gasteiger partial charge in [0.05, 0.1) is 32.2 Å². The first-order valence-corrected chi connectivity index (χ1v) is 11.1. The maximum absolute atomic E-state index is 15.1. The Labute approximate surface area is 179 Å². The summed E-state index contributed by atoms with van der Waals surface area (Å²) in [6, 6.07) is 4.09. The number of hydrogen-bond donors (Lipinski definition) is 1. The van der Waals surface area contributed by atoms with Crippen molar-refractivity contribution in [3.63, 3.8) is 0 Å². The Hall–Kier alpha value is -2.92. The van der Waals surface area contributed by atoms with Crippen molar-refractivity contribution in [3.05, 3.63) is 54.4 Å². The fourth-order valence-corrected chi connectivity index (χ4v) is 5.95. The predicted molar refractivity (Wildman–Crippen MR) is 110 cm³/mol. The van der Waals surface area contributed by atoms with Crippen molar-refractivity contribution in [1.29, 1.82) is 0 Å². The molecule has 3 atom stereocenters. The summed E-state index contributed by atoms with van der Waals surface area (Å²) in [6.45, 7) is 5.55. The van der Waals surface area contributed by atoms with Gasteiger partial charge in [0.15, 0.2) is 0 Å². The number of nitrogens with zero attached hydrogens (tertiary/aromatic N) is 3. The monoisotopic (exact) mass is 450 g/mol. The first-order valence-electron chi connectivity index (χ1n) is 9.58. The summed E-state index contributed by atoms with van der Waals surface area (Å²) in [5.41, 5.74) is -1.26. The van der Waals surface area contributed by atoms with Crippen molar-refractivity contribution in [3.8, 4) is 17.5 Å².